The number of nitrogens with zero attached hydrogens (tertiary/aromatic N) is 5. The second kappa shape index (κ2) is 5.94. The maximum Gasteiger partial charge on any atom is 0.324 e. The Balaban J connectivity index is 1.95. The molecule has 19 heavy (non-hydrogen) atoms. The summed E-state index contributed by atoms with van der Waals surface area (Å²) in [6, 6.07) is 0.370. The van der Waals surface area contributed by atoms with Crippen molar-refractivity contribution in [3.8, 4) is 12.0 Å². The van der Waals surface area contributed by atoms with Gasteiger partial charge in [-0.2, -0.15) is 15.0 Å². The zero-order valence-electron chi connectivity index (χ0n) is 10.9. The second-order valence-corrected chi connectivity index (χ2v) is 3.54. The fraction of sp³-hybridized carbons (Fsp3) is 0.500. The van der Waals surface area contributed by atoms with Crippen LogP contribution < -0.4 is 14.8 Å². The molecule has 0 radical (unpaired) electrons. The zero-order valence-corrected chi connectivity index (χ0v) is 10.9. The van der Waals surface area contributed by atoms with Crippen molar-refractivity contribution in [2.45, 2.75) is 13.3 Å². The standard InChI is InChI=1S/C10H14N6O3/c1-6-12-7(16-19-6)4-5-11-8-13-9(17-2)15-10(14-8)18-3/h4-5H2,1-3H3,(H,11,13,14,15). The summed E-state index contributed by atoms with van der Waals surface area (Å²) in [5.74, 6) is 1.53. The lowest BCUT2D eigenvalue weighted by Gasteiger charge is -2.06. The Morgan fingerprint density at radius 2 is 1.74 bits per heavy atom. The van der Waals surface area contributed by atoms with E-state index in [0.717, 1.165) is 0 Å². The molecule has 2 aromatic rings. The molecule has 0 aromatic carbocycles. The van der Waals surface area contributed by atoms with Gasteiger partial charge in [0, 0.05) is 19.9 Å². The lowest BCUT2D eigenvalue weighted by Crippen LogP contribution is -2.10. The summed E-state index contributed by atoms with van der Waals surface area (Å²) in [7, 11) is 2.95. The molecule has 9 nitrogen and oxygen atoms in total. The van der Waals surface area contributed by atoms with Crippen molar-refractivity contribution in [3.05, 3.63) is 11.7 Å². The van der Waals surface area contributed by atoms with E-state index < -0.39 is 0 Å². The quantitative estimate of drug-likeness (QED) is 0.785. The van der Waals surface area contributed by atoms with Gasteiger partial charge in [-0.25, -0.2) is 0 Å². The van der Waals surface area contributed by atoms with E-state index in [0.29, 0.717) is 30.6 Å². The van der Waals surface area contributed by atoms with E-state index in [-0.39, 0.29) is 12.0 Å². The lowest BCUT2D eigenvalue weighted by molar-refractivity contribution is 0.341. The average Bonchev–Trinajstić information content (AvgIpc) is 2.84. The van der Waals surface area contributed by atoms with Crippen LogP contribution in [0.3, 0.4) is 0 Å². The molecule has 0 aliphatic carbocycles. The largest absolute Gasteiger partial charge is 0.467 e. The van der Waals surface area contributed by atoms with Crippen LogP contribution in [0, 0.1) is 6.92 Å². The summed E-state index contributed by atoms with van der Waals surface area (Å²) in [6.45, 7) is 2.29. The molecular weight excluding hydrogens is 252 g/mol. The van der Waals surface area contributed by atoms with Gasteiger partial charge in [0.1, 0.15) is 0 Å². The van der Waals surface area contributed by atoms with Gasteiger partial charge in [-0.15, -0.1) is 4.98 Å². The van der Waals surface area contributed by atoms with Gasteiger partial charge in [-0.3, -0.25) is 0 Å². The number of anilines is 1. The Labute approximate surface area is 109 Å². The van der Waals surface area contributed by atoms with Crippen LogP contribution in [0.15, 0.2) is 4.52 Å². The van der Waals surface area contributed by atoms with E-state index in [1.807, 2.05) is 0 Å². The number of aryl methyl sites for hydroxylation is 1. The van der Waals surface area contributed by atoms with Crippen LogP contribution in [-0.2, 0) is 6.42 Å². The number of aromatic nitrogens is 5. The highest BCUT2D eigenvalue weighted by molar-refractivity contribution is 5.27. The van der Waals surface area contributed by atoms with Crippen LogP contribution in [0.2, 0.25) is 0 Å². The van der Waals surface area contributed by atoms with Gasteiger partial charge in [-0.05, 0) is 0 Å². The Hall–Kier alpha value is -2.45. The van der Waals surface area contributed by atoms with Crippen LogP contribution >= 0.6 is 0 Å². The predicted octanol–water partition coefficient (Wildman–Crippen LogP) is 0.235. The molecule has 2 rings (SSSR count). The highest BCUT2D eigenvalue weighted by Crippen LogP contribution is 2.11. The van der Waals surface area contributed by atoms with Crippen molar-refractivity contribution >= 4 is 5.95 Å². The van der Waals surface area contributed by atoms with Crippen LogP contribution in [0.4, 0.5) is 5.95 Å². The van der Waals surface area contributed by atoms with E-state index in [4.69, 9.17) is 14.0 Å². The van der Waals surface area contributed by atoms with E-state index >= 15 is 0 Å². The first-order valence-corrected chi connectivity index (χ1v) is 5.58. The molecule has 0 saturated carbocycles. The smallest absolute Gasteiger partial charge is 0.324 e. The van der Waals surface area contributed by atoms with Crippen LogP contribution in [0.1, 0.15) is 11.7 Å². The molecule has 0 saturated heterocycles. The number of ether oxygens (including phenoxy) is 2. The van der Waals surface area contributed by atoms with Crippen molar-refractivity contribution in [3.63, 3.8) is 0 Å². The molecule has 0 aliphatic rings. The molecule has 0 bridgehead atoms. The third-order valence-electron chi connectivity index (χ3n) is 2.16. The average molecular weight is 266 g/mol. The van der Waals surface area contributed by atoms with Gasteiger partial charge < -0.3 is 19.3 Å². The van der Waals surface area contributed by atoms with Crippen LogP contribution in [0.5, 0.6) is 12.0 Å². The molecule has 0 aliphatic heterocycles. The minimum Gasteiger partial charge on any atom is -0.467 e. The summed E-state index contributed by atoms with van der Waals surface area (Å²) >= 11 is 0. The summed E-state index contributed by atoms with van der Waals surface area (Å²) < 4.78 is 14.8. The van der Waals surface area contributed by atoms with Crippen molar-refractivity contribution < 1.29 is 14.0 Å². The minimum atomic E-state index is 0.185. The predicted molar refractivity (Wildman–Crippen MR) is 64.2 cm³/mol. The number of rotatable bonds is 6. The molecule has 0 atom stereocenters. The molecule has 0 spiro atoms. The second-order valence-electron chi connectivity index (χ2n) is 3.54. The zero-order chi connectivity index (χ0) is 13.7. The molecule has 0 unspecified atom stereocenters. The summed E-state index contributed by atoms with van der Waals surface area (Å²) in [6.07, 6.45) is 0.591. The number of hydrogen-bond donors (Lipinski definition) is 1. The fourth-order valence-electron chi connectivity index (χ4n) is 1.33. The van der Waals surface area contributed by atoms with E-state index in [9.17, 15) is 0 Å². The fourth-order valence-corrected chi connectivity index (χ4v) is 1.33. The normalized spacial score (nSPS) is 10.3. The lowest BCUT2D eigenvalue weighted by atomic mass is 10.4. The third-order valence-corrected chi connectivity index (χ3v) is 2.16. The van der Waals surface area contributed by atoms with Gasteiger partial charge in [0.2, 0.25) is 11.8 Å². The molecule has 2 heterocycles. The first kappa shape index (κ1) is 13.0. The van der Waals surface area contributed by atoms with Crippen molar-refractivity contribution in [2.24, 2.45) is 0 Å². The molecule has 102 valence electrons. The summed E-state index contributed by atoms with van der Waals surface area (Å²) in [4.78, 5) is 16.1. The highest BCUT2D eigenvalue weighted by atomic mass is 16.5. The summed E-state index contributed by atoms with van der Waals surface area (Å²) in [5.41, 5.74) is 0. The molecule has 1 N–H and O–H groups in total. The van der Waals surface area contributed by atoms with Crippen molar-refractivity contribution in [2.75, 3.05) is 26.1 Å². The third kappa shape index (κ3) is 3.50. The highest BCUT2D eigenvalue weighted by Gasteiger charge is 2.07. The van der Waals surface area contributed by atoms with Crippen LogP contribution in [0.25, 0.3) is 0 Å². The van der Waals surface area contributed by atoms with E-state index in [1.165, 1.54) is 14.2 Å². The topological polar surface area (TPSA) is 108 Å². The molecule has 0 fully saturated rings. The molecular formula is C10H14N6O3. The number of nitrogens with one attached hydrogen (secondary N) is 1. The Morgan fingerprint density at radius 3 is 2.26 bits per heavy atom. The maximum absolute atomic E-state index is 4.94. The van der Waals surface area contributed by atoms with Gasteiger partial charge in [0.25, 0.3) is 0 Å². The van der Waals surface area contributed by atoms with E-state index in [1.54, 1.807) is 6.92 Å². The van der Waals surface area contributed by atoms with Gasteiger partial charge in [-0.1, -0.05) is 5.16 Å². The van der Waals surface area contributed by atoms with E-state index in [2.05, 4.69) is 30.4 Å². The Kier molecular flexibility index (Phi) is 4.06. The van der Waals surface area contributed by atoms with Crippen molar-refractivity contribution in [1.29, 1.82) is 0 Å². The first-order chi connectivity index (χ1) is 9.21. The Morgan fingerprint density at radius 1 is 1.05 bits per heavy atom. The van der Waals surface area contributed by atoms with Gasteiger partial charge >= 0.3 is 12.0 Å². The minimum absolute atomic E-state index is 0.185. The monoisotopic (exact) mass is 266 g/mol. The maximum atomic E-state index is 4.94. The number of methoxy groups -OCH3 is 2. The molecule has 0 amide bonds. The summed E-state index contributed by atoms with van der Waals surface area (Å²) in [5, 5.41) is 6.79. The first-order valence-electron chi connectivity index (χ1n) is 5.58. The molecule has 2 aromatic heterocycles. The SMILES string of the molecule is COc1nc(NCCc2noc(C)n2)nc(OC)n1. The van der Waals surface area contributed by atoms with Crippen LogP contribution in [-0.4, -0.2) is 45.9 Å². The van der Waals surface area contributed by atoms with Gasteiger partial charge in [0.05, 0.1) is 14.2 Å². The molecule has 9 heteroatoms. The van der Waals surface area contributed by atoms with Crippen molar-refractivity contribution in [1.82, 2.24) is 25.1 Å². The number of hydrogen-bond acceptors (Lipinski definition) is 9. The van der Waals surface area contributed by atoms with Gasteiger partial charge in [0.15, 0.2) is 5.82 Å². The Bertz CT molecular complexity index is 522.